The van der Waals surface area contributed by atoms with Gasteiger partial charge in [-0.2, -0.15) is 0 Å². The molecule has 0 aliphatic rings. The van der Waals surface area contributed by atoms with Crippen LogP contribution in [0.5, 0.6) is 0 Å². The molecule has 132 valence electrons. The van der Waals surface area contributed by atoms with Gasteiger partial charge in [-0.1, -0.05) is 35.9 Å². The molecule has 0 atom stereocenters. The predicted molar refractivity (Wildman–Crippen MR) is 101 cm³/mol. The highest BCUT2D eigenvalue weighted by Gasteiger charge is 2.09. The van der Waals surface area contributed by atoms with Crippen molar-refractivity contribution >= 4 is 17.5 Å². The van der Waals surface area contributed by atoms with Crippen LogP contribution in [0.1, 0.15) is 28.4 Å². The Morgan fingerprint density at radius 3 is 2.48 bits per heavy atom. The Kier molecular flexibility index (Phi) is 6.71. The van der Waals surface area contributed by atoms with E-state index < -0.39 is 0 Å². The van der Waals surface area contributed by atoms with E-state index in [4.69, 9.17) is 0 Å². The van der Waals surface area contributed by atoms with Crippen molar-refractivity contribution in [2.24, 2.45) is 0 Å². The third-order valence-electron chi connectivity index (χ3n) is 3.73. The van der Waals surface area contributed by atoms with Crippen molar-refractivity contribution in [3.63, 3.8) is 0 Å². The van der Waals surface area contributed by atoms with E-state index in [1.807, 2.05) is 18.9 Å². The number of carbonyl (C=O) groups is 2. The average Bonchev–Trinajstić information content (AvgIpc) is 2.57. The van der Waals surface area contributed by atoms with Crippen LogP contribution in [-0.2, 0) is 11.3 Å². The zero-order valence-corrected chi connectivity index (χ0v) is 15.0. The molecule has 0 fully saturated rings. The second kappa shape index (κ2) is 8.99. The molecule has 0 saturated carbocycles. The van der Waals surface area contributed by atoms with Crippen molar-refractivity contribution in [1.29, 1.82) is 0 Å². The van der Waals surface area contributed by atoms with Crippen LogP contribution in [0.15, 0.2) is 48.5 Å². The normalized spacial score (nSPS) is 10.6. The smallest absolute Gasteiger partial charge is 0.251 e. The molecule has 0 saturated heterocycles. The van der Waals surface area contributed by atoms with Gasteiger partial charge < -0.3 is 10.6 Å². The first-order valence-corrected chi connectivity index (χ1v) is 8.40. The second-order valence-electron chi connectivity index (χ2n) is 6.15. The van der Waals surface area contributed by atoms with Crippen molar-refractivity contribution in [3.05, 3.63) is 65.2 Å². The van der Waals surface area contributed by atoms with E-state index in [1.165, 1.54) is 11.1 Å². The predicted octanol–water partition coefficient (Wildman–Crippen LogP) is 2.82. The lowest BCUT2D eigenvalue weighted by Crippen LogP contribution is -2.30. The third-order valence-corrected chi connectivity index (χ3v) is 3.73. The molecule has 0 aliphatic heterocycles. The summed E-state index contributed by atoms with van der Waals surface area (Å²) < 4.78 is 0. The molecular formula is C20H25N3O2. The van der Waals surface area contributed by atoms with Crippen molar-refractivity contribution in [2.45, 2.75) is 20.4 Å². The van der Waals surface area contributed by atoms with Gasteiger partial charge in [0.2, 0.25) is 5.91 Å². The van der Waals surface area contributed by atoms with E-state index in [0.29, 0.717) is 24.3 Å². The van der Waals surface area contributed by atoms with E-state index >= 15 is 0 Å². The average molecular weight is 339 g/mol. The molecule has 2 aromatic carbocycles. The standard InChI is InChI=1S/C20H25N3O2/c1-4-21-20(25)17-6-5-7-18(12-17)22-19(24)14-23(3)13-16-10-8-15(2)9-11-16/h5-12H,4,13-14H2,1-3H3,(H,21,25)(H,22,24). The van der Waals surface area contributed by atoms with Crippen molar-refractivity contribution in [3.8, 4) is 0 Å². The maximum absolute atomic E-state index is 12.2. The van der Waals surface area contributed by atoms with Gasteiger partial charge in [-0.3, -0.25) is 14.5 Å². The maximum Gasteiger partial charge on any atom is 0.251 e. The fourth-order valence-corrected chi connectivity index (χ4v) is 2.51. The number of hydrogen-bond donors (Lipinski definition) is 2. The number of aryl methyl sites for hydroxylation is 1. The molecule has 0 aromatic heterocycles. The van der Waals surface area contributed by atoms with Crippen molar-refractivity contribution in [2.75, 3.05) is 25.5 Å². The summed E-state index contributed by atoms with van der Waals surface area (Å²) in [6.07, 6.45) is 0. The van der Waals surface area contributed by atoms with Gasteiger partial charge in [0.15, 0.2) is 0 Å². The number of anilines is 1. The molecule has 2 N–H and O–H groups in total. The molecule has 2 aromatic rings. The number of nitrogens with one attached hydrogen (secondary N) is 2. The quantitative estimate of drug-likeness (QED) is 0.815. The van der Waals surface area contributed by atoms with Gasteiger partial charge in [0, 0.05) is 24.3 Å². The minimum absolute atomic E-state index is 0.109. The number of amides is 2. The number of carbonyl (C=O) groups excluding carboxylic acids is 2. The summed E-state index contributed by atoms with van der Waals surface area (Å²) in [5, 5.41) is 5.59. The van der Waals surface area contributed by atoms with E-state index in [-0.39, 0.29) is 18.4 Å². The molecule has 2 amide bonds. The van der Waals surface area contributed by atoms with E-state index in [1.54, 1.807) is 24.3 Å². The Labute approximate surface area is 149 Å². The number of nitrogens with zero attached hydrogens (tertiary/aromatic N) is 1. The molecule has 0 unspecified atom stereocenters. The summed E-state index contributed by atoms with van der Waals surface area (Å²) >= 11 is 0. The summed E-state index contributed by atoms with van der Waals surface area (Å²) in [6, 6.07) is 15.2. The van der Waals surface area contributed by atoms with Gasteiger partial charge in [0.1, 0.15) is 0 Å². The summed E-state index contributed by atoms with van der Waals surface area (Å²) in [4.78, 5) is 26.0. The molecular weight excluding hydrogens is 314 g/mol. The van der Waals surface area contributed by atoms with Crippen LogP contribution in [0, 0.1) is 6.92 Å². The lowest BCUT2D eigenvalue weighted by atomic mass is 10.1. The highest BCUT2D eigenvalue weighted by molar-refractivity contribution is 5.97. The Balaban J connectivity index is 1.90. The molecule has 2 rings (SSSR count). The minimum Gasteiger partial charge on any atom is -0.352 e. The van der Waals surface area contributed by atoms with Gasteiger partial charge >= 0.3 is 0 Å². The van der Waals surface area contributed by atoms with E-state index in [9.17, 15) is 9.59 Å². The summed E-state index contributed by atoms with van der Waals surface area (Å²) in [5.74, 6) is -0.252. The van der Waals surface area contributed by atoms with Gasteiger partial charge in [-0.05, 0) is 44.7 Å². The SMILES string of the molecule is CCNC(=O)c1cccc(NC(=O)CN(C)Cc2ccc(C)cc2)c1. The number of benzene rings is 2. The molecule has 0 aliphatic carbocycles. The second-order valence-corrected chi connectivity index (χ2v) is 6.15. The third kappa shape index (κ3) is 6.04. The molecule has 0 heterocycles. The Bertz CT molecular complexity index is 726. The lowest BCUT2D eigenvalue weighted by Gasteiger charge is -2.16. The van der Waals surface area contributed by atoms with Crippen LogP contribution < -0.4 is 10.6 Å². The summed E-state index contributed by atoms with van der Waals surface area (Å²) in [5.41, 5.74) is 3.54. The minimum atomic E-state index is -0.143. The summed E-state index contributed by atoms with van der Waals surface area (Å²) in [6.45, 7) is 5.47. The first-order valence-electron chi connectivity index (χ1n) is 8.40. The first kappa shape index (κ1) is 18.7. The molecule has 0 bridgehead atoms. The van der Waals surface area contributed by atoms with E-state index in [0.717, 1.165) is 0 Å². The topological polar surface area (TPSA) is 61.4 Å². The highest BCUT2D eigenvalue weighted by Crippen LogP contribution is 2.11. The van der Waals surface area contributed by atoms with Crippen LogP contribution in [0.2, 0.25) is 0 Å². The molecule has 5 nitrogen and oxygen atoms in total. The van der Waals surface area contributed by atoms with Crippen LogP contribution in [0.25, 0.3) is 0 Å². The fraction of sp³-hybridized carbons (Fsp3) is 0.300. The number of rotatable bonds is 7. The monoisotopic (exact) mass is 339 g/mol. The van der Waals surface area contributed by atoms with Gasteiger partial charge in [-0.25, -0.2) is 0 Å². The van der Waals surface area contributed by atoms with Crippen molar-refractivity contribution < 1.29 is 9.59 Å². The number of hydrogen-bond acceptors (Lipinski definition) is 3. The van der Waals surface area contributed by atoms with Crippen LogP contribution in [-0.4, -0.2) is 36.9 Å². The Morgan fingerprint density at radius 2 is 1.80 bits per heavy atom. The molecule has 0 radical (unpaired) electrons. The van der Waals surface area contributed by atoms with Gasteiger partial charge in [0.25, 0.3) is 5.91 Å². The Hall–Kier alpha value is -2.66. The van der Waals surface area contributed by atoms with E-state index in [2.05, 4.69) is 41.8 Å². The molecule has 5 heteroatoms. The largest absolute Gasteiger partial charge is 0.352 e. The zero-order chi connectivity index (χ0) is 18.2. The van der Waals surface area contributed by atoms with Gasteiger partial charge in [0.05, 0.1) is 6.54 Å². The fourth-order valence-electron chi connectivity index (χ4n) is 2.51. The molecule has 25 heavy (non-hydrogen) atoms. The Morgan fingerprint density at radius 1 is 1.08 bits per heavy atom. The summed E-state index contributed by atoms with van der Waals surface area (Å²) in [7, 11) is 1.91. The zero-order valence-electron chi connectivity index (χ0n) is 15.0. The van der Waals surface area contributed by atoms with Gasteiger partial charge in [-0.15, -0.1) is 0 Å². The highest BCUT2D eigenvalue weighted by atomic mass is 16.2. The number of likely N-dealkylation sites (N-methyl/N-ethyl adjacent to an activating group) is 1. The van der Waals surface area contributed by atoms with Crippen molar-refractivity contribution in [1.82, 2.24) is 10.2 Å². The lowest BCUT2D eigenvalue weighted by molar-refractivity contribution is -0.117. The first-order chi connectivity index (χ1) is 12.0. The molecule has 0 spiro atoms. The maximum atomic E-state index is 12.2. The van der Waals surface area contributed by atoms with Crippen LogP contribution in [0.4, 0.5) is 5.69 Å². The van der Waals surface area contributed by atoms with Crippen LogP contribution >= 0.6 is 0 Å². The van der Waals surface area contributed by atoms with Crippen LogP contribution in [0.3, 0.4) is 0 Å².